The number of ketones is 1. The summed E-state index contributed by atoms with van der Waals surface area (Å²) < 4.78 is 7.48. The van der Waals surface area contributed by atoms with E-state index in [9.17, 15) is 14.4 Å². The van der Waals surface area contributed by atoms with Crippen LogP contribution in [0.2, 0.25) is 5.02 Å². The molecule has 0 fully saturated rings. The molecule has 4 aromatic rings. The number of pyridine rings is 1. The summed E-state index contributed by atoms with van der Waals surface area (Å²) in [5.74, 6) is -1.01. The molecule has 0 aliphatic rings. The molecule has 31 heavy (non-hydrogen) atoms. The van der Waals surface area contributed by atoms with E-state index in [1.807, 2.05) is 0 Å². The predicted molar refractivity (Wildman–Crippen MR) is 120 cm³/mol. The largest absolute Gasteiger partial charge is 0.456 e. The molecule has 4 rings (SSSR count). The number of carbonyl (C=O) groups is 2. The molecule has 0 amide bonds. The molecule has 0 aliphatic heterocycles. The second-order valence-corrected chi connectivity index (χ2v) is 7.97. The Morgan fingerprint density at radius 2 is 1.71 bits per heavy atom. The minimum atomic E-state index is -0.685. The molecule has 0 spiro atoms. The number of fused-ring (bicyclic) bond motifs is 1. The van der Waals surface area contributed by atoms with Gasteiger partial charge in [0.25, 0.3) is 5.56 Å². The standard InChI is InChI=1S/C23H14BrClN2O4/c24-15-7-10-20-26-17(11-21(28)27(20)12-15)13-31-23(30)19-4-2-1-3-18(19)22(29)14-5-8-16(25)9-6-14/h1-12H,13H2. The van der Waals surface area contributed by atoms with Gasteiger partial charge in [-0.15, -0.1) is 0 Å². The van der Waals surface area contributed by atoms with Crippen LogP contribution in [0.1, 0.15) is 32.0 Å². The van der Waals surface area contributed by atoms with E-state index in [-0.39, 0.29) is 29.1 Å². The smallest absolute Gasteiger partial charge is 0.339 e. The van der Waals surface area contributed by atoms with E-state index in [0.29, 0.717) is 21.9 Å². The van der Waals surface area contributed by atoms with Gasteiger partial charge >= 0.3 is 5.97 Å². The number of esters is 1. The number of hydrogen-bond acceptors (Lipinski definition) is 5. The number of ether oxygens (including phenoxy) is 1. The highest BCUT2D eigenvalue weighted by atomic mass is 79.9. The van der Waals surface area contributed by atoms with E-state index in [0.717, 1.165) is 4.47 Å². The van der Waals surface area contributed by atoms with Crippen LogP contribution in [-0.2, 0) is 11.3 Å². The number of benzene rings is 2. The van der Waals surface area contributed by atoms with Crippen LogP contribution in [0.5, 0.6) is 0 Å². The highest BCUT2D eigenvalue weighted by Gasteiger charge is 2.19. The first kappa shape index (κ1) is 21.0. The molecule has 0 unspecified atom stereocenters. The van der Waals surface area contributed by atoms with Crippen LogP contribution >= 0.6 is 27.5 Å². The Hall–Kier alpha value is -3.29. The van der Waals surface area contributed by atoms with Crippen molar-refractivity contribution >= 4 is 44.9 Å². The van der Waals surface area contributed by atoms with Crippen LogP contribution in [0.3, 0.4) is 0 Å². The molecular formula is C23H14BrClN2O4. The Bertz CT molecular complexity index is 1370. The maximum Gasteiger partial charge on any atom is 0.339 e. The molecule has 0 aliphatic carbocycles. The quantitative estimate of drug-likeness (QED) is 0.295. The third-order valence-electron chi connectivity index (χ3n) is 4.53. The second-order valence-electron chi connectivity index (χ2n) is 6.62. The van der Waals surface area contributed by atoms with Crippen molar-refractivity contribution < 1.29 is 14.3 Å². The van der Waals surface area contributed by atoms with E-state index in [2.05, 4.69) is 20.9 Å². The first-order valence-corrected chi connectivity index (χ1v) is 10.3. The van der Waals surface area contributed by atoms with Crippen molar-refractivity contribution in [3.05, 3.63) is 115 Å². The van der Waals surface area contributed by atoms with Gasteiger partial charge in [0.05, 0.1) is 11.3 Å². The first-order valence-electron chi connectivity index (χ1n) is 9.16. The molecule has 2 aromatic carbocycles. The number of rotatable bonds is 5. The van der Waals surface area contributed by atoms with Gasteiger partial charge in [0.15, 0.2) is 5.78 Å². The zero-order valence-electron chi connectivity index (χ0n) is 15.9. The van der Waals surface area contributed by atoms with Crippen LogP contribution in [-0.4, -0.2) is 21.1 Å². The average molecular weight is 498 g/mol. The van der Waals surface area contributed by atoms with Crippen molar-refractivity contribution in [3.8, 4) is 0 Å². The molecule has 0 saturated carbocycles. The Morgan fingerprint density at radius 1 is 1.00 bits per heavy atom. The van der Waals surface area contributed by atoms with E-state index in [1.54, 1.807) is 60.8 Å². The van der Waals surface area contributed by atoms with E-state index >= 15 is 0 Å². The Balaban J connectivity index is 1.57. The van der Waals surface area contributed by atoms with Crippen molar-refractivity contribution in [2.45, 2.75) is 6.61 Å². The third-order valence-corrected chi connectivity index (χ3v) is 5.25. The normalized spacial score (nSPS) is 10.8. The molecule has 2 aromatic heterocycles. The summed E-state index contributed by atoms with van der Waals surface area (Å²) in [6.45, 7) is -0.204. The lowest BCUT2D eigenvalue weighted by atomic mass is 9.98. The molecule has 0 saturated heterocycles. The molecule has 0 bridgehead atoms. The number of aromatic nitrogens is 2. The van der Waals surface area contributed by atoms with Gasteiger partial charge in [-0.25, -0.2) is 9.78 Å². The summed E-state index contributed by atoms with van der Waals surface area (Å²) in [6.07, 6.45) is 1.61. The van der Waals surface area contributed by atoms with Gasteiger partial charge < -0.3 is 4.74 Å². The van der Waals surface area contributed by atoms with E-state index in [1.165, 1.54) is 16.5 Å². The van der Waals surface area contributed by atoms with Gasteiger partial charge in [-0.1, -0.05) is 29.8 Å². The SMILES string of the molecule is O=C(OCc1cc(=O)n2cc(Br)ccc2n1)c1ccccc1C(=O)c1ccc(Cl)cc1. The Labute approximate surface area is 190 Å². The summed E-state index contributed by atoms with van der Waals surface area (Å²) in [5.41, 5.74) is 1.19. The number of hydrogen-bond donors (Lipinski definition) is 0. The number of halogens is 2. The fraction of sp³-hybridized carbons (Fsp3) is 0.0435. The van der Waals surface area contributed by atoms with Gasteiger partial charge in [-0.05, 0) is 58.4 Å². The summed E-state index contributed by atoms with van der Waals surface area (Å²) in [7, 11) is 0. The summed E-state index contributed by atoms with van der Waals surface area (Å²) >= 11 is 9.19. The molecule has 8 heteroatoms. The van der Waals surface area contributed by atoms with Crippen molar-refractivity contribution in [2.75, 3.05) is 0 Å². The molecule has 2 heterocycles. The predicted octanol–water partition coefficient (Wildman–Crippen LogP) is 4.70. The average Bonchev–Trinajstić information content (AvgIpc) is 2.78. The van der Waals surface area contributed by atoms with Crippen molar-refractivity contribution in [2.24, 2.45) is 0 Å². The second kappa shape index (κ2) is 8.83. The third kappa shape index (κ3) is 4.57. The maximum absolute atomic E-state index is 12.9. The van der Waals surface area contributed by atoms with Crippen LogP contribution < -0.4 is 5.56 Å². The van der Waals surface area contributed by atoms with Gasteiger partial charge in [0, 0.05) is 32.9 Å². The zero-order chi connectivity index (χ0) is 22.0. The van der Waals surface area contributed by atoms with Crippen LogP contribution in [0.15, 0.2) is 82.2 Å². The monoisotopic (exact) mass is 496 g/mol. The highest BCUT2D eigenvalue weighted by Crippen LogP contribution is 2.18. The molecule has 0 radical (unpaired) electrons. The Kier molecular flexibility index (Phi) is 5.97. The van der Waals surface area contributed by atoms with Crippen LogP contribution in [0.25, 0.3) is 5.65 Å². The van der Waals surface area contributed by atoms with Gasteiger partial charge in [0.2, 0.25) is 0 Å². The summed E-state index contributed by atoms with van der Waals surface area (Å²) in [5, 5.41) is 0.510. The fourth-order valence-electron chi connectivity index (χ4n) is 3.03. The van der Waals surface area contributed by atoms with Crippen LogP contribution in [0, 0.1) is 0 Å². The first-order chi connectivity index (χ1) is 14.9. The summed E-state index contributed by atoms with van der Waals surface area (Å²) in [4.78, 5) is 42.2. The van der Waals surface area contributed by atoms with Crippen LogP contribution in [0.4, 0.5) is 0 Å². The lowest BCUT2D eigenvalue weighted by molar-refractivity contribution is 0.0465. The molecule has 0 atom stereocenters. The lowest BCUT2D eigenvalue weighted by Crippen LogP contribution is -2.17. The van der Waals surface area contributed by atoms with E-state index < -0.39 is 5.97 Å². The van der Waals surface area contributed by atoms with Gasteiger partial charge in [0.1, 0.15) is 12.3 Å². The Morgan fingerprint density at radius 3 is 2.45 bits per heavy atom. The van der Waals surface area contributed by atoms with Crippen molar-refractivity contribution in [3.63, 3.8) is 0 Å². The number of nitrogens with zero attached hydrogens (tertiary/aromatic N) is 2. The molecule has 6 nitrogen and oxygen atoms in total. The highest BCUT2D eigenvalue weighted by molar-refractivity contribution is 9.10. The topological polar surface area (TPSA) is 77.7 Å². The molecule has 0 N–H and O–H groups in total. The molecule has 154 valence electrons. The van der Waals surface area contributed by atoms with Gasteiger partial charge in [-0.2, -0.15) is 0 Å². The van der Waals surface area contributed by atoms with Gasteiger partial charge in [-0.3, -0.25) is 14.0 Å². The number of carbonyl (C=O) groups excluding carboxylic acids is 2. The minimum absolute atomic E-state index is 0.129. The maximum atomic E-state index is 12.9. The van der Waals surface area contributed by atoms with Crippen molar-refractivity contribution in [1.29, 1.82) is 0 Å². The summed E-state index contributed by atoms with van der Waals surface area (Å²) in [6, 6.07) is 17.5. The molecular weight excluding hydrogens is 484 g/mol. The fourth-order valence-corrected chi connectivity index (χ4v) is 3.50. The lowest BCUT2D eigenvalue weighted by Gasteiger charge is -2.10. The zero-order valence-corrected chi connectivity index (χ0v) is 18.3. The minimum Gasteiger partial charge on any atom is -0.456 e. The van der Waals surface area contributed by atoms with E-state index in [4.69, 9.17) is 16.3 Å². The van der Waals surface area contributed by atoms with Crippen molar-refractivity contribution in [1.82, 2.24) is 9.38 Å².